The van der Waals surface area contributed by atoms with Gasteiger partial charge in [0.15, 0.2) is 0 Å². The molecular formula is C21H23N5OS. The van der Waals surface area contributed by atoms with Gasteiger partial charge in [-0.25, -0.2) is 4.98 Å². The summed E-state index contributed by atoms with van der Waals surface area (Å²) in [6.07, 6.45) is 4.36. The van der Waals surface area contributed by atoms with E-state index in [2.05, 4.69) is 31.7 Å². The van der Waals surface area contributed by atoms with Crippen LogP contribution in [0.5, 0.6) is 0 Å². The van der Waals surface area contributed by atoms with Gasteiger partial charge in [-0.2, -0.15) is 4.37 Å². The van der Waals surface area contributed by atoms with E-state index in [1.54, 1.807) is 6.20 Å². The Kier molecular flexibility index (Phi) is 5.92. The first-order chi connectivity index (χ1) is 13.8. The fourth-order valence-corrected chi connectivity index (χ4v) is 4.13. The molecule has 0 aliphatic carbocycles. The van der Waals surface area contributed by atoms with Crippen LogP contribution in [0.3, 0.4) is 0 Å². The van der Waals surface area contributed by atoms with E-state index >= 15 is 0 Å². The molecule has 0 spiro atoms. The average Bonchev–Trinajstić information content (AvgIpc) is 3.22. The standard InChI is InChI=1S/C21H23N5OS/c27-20(23-14-18-10-4-5-11-22-18)17-9-6-12-26(15-17)21-24-19(25-28-21)13-16-7-2-1-3-8-16/h1-5,7-8,10-11,17H,6,9,12-15H2,(H,23,27). The molecule has 144 valence electrons. The van der Waals surface area contributed by atoms with Crippen LogP contribution in [0.15, 0.2) is 54.7 Å². The number of pyridine rings is 1. The highest BCUT2D eigenvalue weighted by Crippen LogP contribution is 2.25. The Balaban J connectivity index is 1.34. The van der Waals surface area contributed by atoms with Gasteiger partial charge >= 0.3 is 0 Å². The molecule has 6 nitrogen and oxygen atoms in total. The zero-order chi connectivity index (χ0) is 19.2. The molecule has 1 aliphatic heterocycles. The summed E-state index contributed by atoms with van der Waals surface area (Å²) < 4.78 is 4.51. The Labute approximate surface area is 168 Å². The summed E-state index contributed by atoms with van der Waals surface area (Å²) in [7, 11) is 0. The monoisotopic (exact) mass is 393 g/mol. The van der Waals surface area contributed by atoms with Crippen molar-refractivity contribution in [2.24, 2.45) is 5.92 Å². The van der Waals surface area contributed by atoms with Gasteiger partial charge in [-0.1, -0.05) is 36.4 Å². The second-order valence-corrected chi connectivity index (χ2v) is 7.71. The summed E-state index contributed by atoms with van der Waals surface area (Å²) in [4.78, 5) is 23.8. The normalized spacial score (nSPS) is 16.7. The zero-order valence-corrected chi connectivity index (χ0v) is 16.4. The third kappa shape index (κ3) is 4.72. The number of hydrogen-bond acceptors (Lipinski definition) is 6. The van der Waals surface area contributed by atoms with Crippen LogP contribution in [-0.4, -0.2) is 33.3 Å². The largest absolute Gasteiger partial charge is 0.350 e. The van der Waals surface area contributed by atoms with E-state index < -0.39 is 0 Å². The SMILES string of the molecule is O=C(NCc1ccccn1)C1CCCN(c2nc(Cc3ccccc3)ns2)C1. The summed E-state index contributed by atoms with van der Waals surface area (Å²) in [5.41, 5.74) is 2.08. The van der Waals surface area contributed by atoms with Gasteiger partial charge in [0.1, 0.15) is 5.82 Å². The Morgan fingerprint density at radius 3 is 2.86 bits per heavy atom. The highest BCUT2D eigenvalue weighted by Gasteiger charge is 2.27. The first kappa shape index (κ1) is 18.6. The van der Waals surface area contributed by atoms with Gasteiger partial charge in [0, 0.05) is 37.2 Å². The van der Waals surface area contributed by atoms with Crippen LogP contribution in [0.2, 0.25) is 0 Å². The fraction of sp³-hybridized carbons (Fsp3) is 0.333. The lowest BCUT2D eigenvalue weighted by Gasteiger charge is -2.31. The molecule has 0 radical (unpaired) electrons. The molecule has 3 heterocycles. The lowest BCUT2D eigenvalue weighted by molar-refractivity contribution is -0.125. The van der Waals surface area contributed by atoms with Gasteiger partial charge in [-0.3, -0.25) is 9.78 Å². The van der Waals surface area contributed by atoms with Crippen molar-refractivity contribution in [3.05, 3.63) is 71.8 Å². The van der Waals surface area contributed by atoms with Crippen LogP contribution in [0, 0.1) is 5.92 Å². The molecule has 2 aromatic heterocycles. The molecule has 1 amide bonds. The van der Waals surface area contributed by atoms with Gasteiger partial charge in [0.25, 0.3) is 0 Å². The molecule has 1 saturated heterocycles. The predicted molar refractivity (Wildman–Crippen MR) is 110 cm³/mol. The lowest BCUT2D eigenvalue weighted by atomic mass is 9.97. The summed E-state index contributed by atoms with van der Waals surface area (Å²) in [5, 5.41) is 3.93. The Morgan fingerprint density at radius 1 is 1.18 bits per heavy atom. The lowest BCUT2D eigenvalue weighted by Crippen LogP contribution is -2.43. The third-order valence-corrected chi connectivity index (χ3v) is 5.71. The molecule has 0 bridgehead atoms. The number of anilines is 1. The molecule has 1 fully saturated rings. The fourth-order valence-electron chi connectivity index (χ4n) is 3.41. The summed E-state index contributed by atoms with van der Waals surface area (Å²) in [6.45, 7) is 2.08. The number of nitrogens with zero attached hydrogens (tertiary/aromatic N) is 4. The number of piperidine rings is 1. The topological polar surface area (TPSA) is 71.0 Å². The maximum atomic E-state index is 12.6. The second-order valence-electron chi connectivity index (χ2n) is 6.98. The van der Waals surface area contributed by atoms with Crippen molar-refractivity contribution in [2.45, 2.75) is 25.8 Å². The van der Waals surface area contributed by atoms with E-state index in [0.717, 1.165) is 42.5 Å². The molecule has 3 aromatic rings. The van der Waals surface area contributed by atoms with Crippen LogP contribution in [-0.2, 0) is 17.8 Å². The molecule has 7 heteroatoms. The zero-order valence-electron chi connectivity index (χ0n) is 15.6. The van der Waals surface area contributed by atoms with Crippen molar-refractivity contribution in [3.8, 4) is 0 Å². The molecular weight excluding hydrogens is 370 g/mol. The summed E-state index contributed by atoms with van der Waals surface area (Å²) in [5.74, 6) is 0.899. The number of hydrogen-bond donors (Lipinski definition) is 1. The molecule has 1 unspecified atom stereocenters. The Morgan fingerprint density at radius 2 is 2.04 bits per heavy atom. The first-order valence-electron chi connectivity index (χ1n) is 9.57. The number of benzene rings is 1. The van der Waals surface area contributed by atoms with Crippen molar-refractivity contribution in [3.63, 3.8) is 0 Å². The molecule has 28 heavy (non-hydrogen) atoms. The number of carbonyl (C=O) groups excluding carboxylic acids is 1. The second kappa shape index (κ2) is 8.93. The number of nitrogens with one attached hydrogen (secondary N) is 1. The van der Waals surface area contributed by atoms with Gasteiger partial charge in [-0.05, 0) is 30.5 Å². The molecule has 4 rings (SSSR count). The van der Waals surface area contributed by atoms with Gasteiger partial charge in [-0.15, -0.1) is 0 Å². The van der Waals surface area contributed by atoms with Crippen LogP contribution < -0.4 is 10.2 Å². The van der Waals surface area contributed by atoms with Crippen molar-refractivity contribution in [2.75, 3.05) is 18.0 Å². The molecule has 1 N–H and O–H groups in total. The van der Waals surface area contributed by atoms with E-state index in [9.17, 15) is 4.79 Å². The Hall–Kier alpha value is -2.80. The Bertz CT molecular complexity index is 899. The average molecular weight is 394 g/mol. The summed E-state index contributed by atoms with van der Waals surface area (Å²) >= 11 is 1.42. The predicted octanol–water partition coefficient (Wildman–Crippen LogP) is 3.06. The van der Waals surface area contributed by atoms with E-state index in [0.29, 0.717) is 13.1 Å². The number of aromatic nitrogens is 3. The van der Waals surface area contributed by atoms with Gasteiger partial charge in [0.05, 0.1) is 18.2 Å². The highest BCUT2D eigenvalue weighted by atomic mass is 32.1. The van der Waals surface area contributed by atoms with Crippen LogP contribution in [0.1, 0.15) is 29.9 Å². The maximum Gasteiger partial charge on any atom is 0.225 e. The molecule has 1 aliphatic rings. The molecule has 1 aromatic carbocycles. The number of rotatable bonds is 6. The van der Waals surface area contributed by atoms with Crippen LogP contribution in [0.25, 0.3) is 0 Å². The first-order valence-corrected chi connectivity index (χ1v) is 10.3. The number of amides is 1. The minimum atomic E-state index is -0.0288. The van der Waals surface area contributed by atoms with Gasteiger partial charge < -0.3 is 10.2 Å². The van der Waals surface area contributed by atoms with Crippen LogP contribution >= 0.6 is 11.5 Å². The smallest absolute Gasteiger partial charge is 0.225 e. The van der Waals surface area contributed by atoms with Crippen molar-refractivity contribution in [1.82, 2.24) is 19.7 Å². The van der Waals surface area contributed by atoms with E-state index in [1.807, 2.05) is 36.4 Å². The van der Waals surface area contributed by atoms with Gasteiger partial charge in [0.2, 0.25) is 11.0 Å². The van der Waals surface area contributed by atoms with Crippen molar-refractivity contribution >= 4 is 22.6 Å². The minimum absolute atomic E-state index is 0.0288. The highest BCUT2D eigenvalue weighted by molar-refractivity contribution is 7.09. The van der Waals surface area contributed by atoms with E-state index in [-0.39, 0.29) is 11.8 Å². The quantitative estimate of drug-likeness (QED) is 0.697. The van der Waals surface area contributed by atoms with Crippen molar-refractivity contribution in [1.29, 1.82) is 0 Å². The van der Waals surface area contributed by atoms with E-state index in [1.165, 1.54) is 17.1 Å². The van der Waals surface area contributed by atoms with E-state index in [4.69, 9.17) is 4.98 Å². The molecule has 0 saturated carbocycles. The minimum Gasteiger partial charge on any atom is -0.350 e. The maximum absolute atomic E-state index is 12.6. The summed E-state index contributed by atoms with van der Waals surface area (Å²) in [6, 6.07) is 16.0. The number of carbonyl (C=O) groups is 1. The van der Waals surface area contributed by atoms with Crippen LogP contribution in [0.4, 0.5) is 5.13 Å². The molecule has 1 atom stereocenters. The van der Waals surface area contributed by atoms with Crippen molar-refractivity contribution < 1.29 is 4.79 Å². The third-order valence-electron chi connectivity index (χ3n) is 4.90.